The van der Waals surface area contributed by atoms with Gasteiger partial charge in [0.2, 0.25) is 0 Å². The van der Waals surface area contributed by atoms with E-state index in [1.165, 1.54) is 5.69 Å². The highest BCUT2D eigenvalue weighted by Gasteiger charge is 2.26. The molecule has 0 unspecified atom stereocenters. The fourth-order valence-corrected chi connectivity index (χ4v) is 3.68. The molecule has 2 rings (SSSR count). The number of nitrogens with zero attached hydrogens (tertiary/aromatic N) is 2. The predicted molar refractivity (Wildman–Crippen MR) is 92.7 cm³/mol. The molecule has 0 bridgehead atoms. The Morgan fingerprint density at radius 1 is 1.05 bits per heavy atom. The number of para-hydroxylation sites is 1. The van der Waals surface area contributed by atoms with Crippen LogP contribution in [0.5, 0.6) is 0 Å². The van der Waals surface area contributed by atoms with E-state index in [0.717, 1.165) is 10.5 Å². The molecule has 0 amide bonds. The van der Waals surface area contributed by atoms with Crippen molar-refractivity contribution in [2.75, 3.05) is 0 Å². The van der Waals surface area contributed by atoms with Crippen molar-refractivity contribution >= 4 is 28.6 Å². The van der Waals surface area contributed by atoms with Crippen LogP contribution in [-0.2, 0) is 11.0 Å². The molecule has 0 saturated heterocycles. The zero-order valence-corrected chi connectivity index (χ0v) is 15.1. The number of halogens is 1. The summed E-state index contributed by atoms with van der Waals surface area (Å²) in [6, 6.07) is 7.71. The molecule has 1 heterocycles. The smallest absolute Gasteiger partial charge is 0.190 e. The zero-order chi connectivity index (χ0) is 15.8. The van der Waals surface area contributed by atoms with Gasteiger partial charge in [0.05, 0.1) is 10.7 Å². The van der Waals surface area contributed by atoms with Crippen LogP contribution in [-0.4, -0.2) is 4.57 Å². The van der Waals surface area contributed by atoms with Gasteiger partial charge in [-0.05, 0) is 32.9 Å². The van der Waals surface area contributed by atoms with Crippen molar-refractivity contribution in [3.8, 4) is 0 Å². The summed E-state index contributed by atoms with van der Waals surface area (Å²) in [5.41, 5.74) is 2.17. The standard InChI is InChI=1S/C17H23ClN2S/c1-16(2,3)14-11-21-15(20(14)17(4,5)6)19-13-10-8-7-9-12(13)18/h7-11H,1-6H3. The van der Waals surface area contributed by atoms with Gasteiger partial charge in [-0.15, -0.1) is 11.3 Å². The molecule has 21 heavy (non-hydrogen) atoms. The molecule has 0 aliphatic heterocycles. The maximum absolute atomic E-state index is 6.24. The molecule has 2 nitrogen and oxygen atoms in total. The topological polar surface area (TPSA) is 17.3 Å². The van der Waals surface area contributed by atoms with Gasteiger partial charge in [-0.3, -0.25) is 0 Å². The van der Waals surface area contributed by atoms with Crippen molar-refractivity contribution in [3.05, 3.63) is 45.2 Å². The lowest BCUT2D eigenvalue weighted by atomic mass is 9.91. The summed E-state index contributed by atoms with van der Waals surface area (Å²) in [4.78, 5) is 5.78. The first-order valence-electron chi connectivity index (χ1n) is 7.11. The van der Waals surface area contributed by atoms with E-state index in [9.17, 15) is 0 Å². The maximum Gasteiger partial charge on any atom is 0.190 e. The van der Waals surface area contributed by atoms with E-state index in [-0.39, 0.29) is 11.0 Å². The summed E-state index contributed by atoms with van der Waals surface area (Å²) in [6.45, 7) is 13.3. The molecule has 1 aromatic carbocycles. The van der Waals surface area contributed by atoms with Gasteiger partial charge in [-0.25, -0.2) is 4.99 Å². The lowest BCUT2D eigenvalue weighted by Gasteiger charge is -2.29. The van der Waals surface area contributed by atoms with Crippen LogP contribution in [0.3, 0.4) is 0 Å². The van der Waals surface area contributed by atoms with Crippen LogP contribution in [0.25, 0.3) is 0 Å². The van der Waals surface area contributed by atoms with E-state index in [1.807, 2.05) is 24.3 Å². The summed E-state index contributed by atoms with van der Waals surface area (Å²) in [5, 5.41) is 2.89. The molecule has 4 heteroatoms. The number of rotatable bonds is 1. The summed E-state index contributed by atoms with van der Waals surface area (Å²) in [7, 11) is 0. The van der Waals surface area contributed by atoms with Gasteiger partial charge in [-0.2, -0.15) is 0 Å². The molecule has 114 valence electrons. The van der Waals surface area contributed by atoms with Crippen molar-refractivity contribution in [1.82, 2.24) is 4.57 Å². The Morgan fingerprint density at radius 2 is 1.67 bits per heavy atom. The van der Waals surface area contributed by atoms with E-state index in [1.54, 1.807) is 11.3 Å². The zero-order valence-electron chi connectivity index (χ0n) is 13.6. The van der Waals surface area contributed by atoms with Crippen molar-refractivity contribution in [2.24, 2.45) is 4.99 Å². The van der Waals surface area contributed by atoms with Crippen molar-refractivity contribution < 1.29 is 0 Å². The largest absolute Gasteiger partial charge is 0.315 e. The molecule has 0 aliphatic carbocycles. The quantitative estimate of drug-likeness (QED) is 0.660. The fraction of sp³-hybridized carbons (Fsp3) is 0.471. The summed E-state index contributed by atoms with van der Waals surface area (Å²) in [5.74, 6) is 0. The maximum atomic E-state index is 6.24. The second-order valence-electron chi connectivity index (χ2n) is 7.22. The van der Waals surface area contributed by atoms with Crippen LogP contribution >= 0.6 is 22.9 Å². The number of aromatic nitrogens is 1. The van der Waals surface area contributed by atoms with E-state index in [2.05, 4.69) is 51.5 Å². The number of hydrogen-bond donors (Lipinski definition) is 0. The third-order valence-electron chi connectivity index (χ3n) is 3.22. The molecule has 1 aromatic heterocycles. The Hall–Kier alpha value is -1.06. The lowest BCUT2D eigenvalue weighted by Crippen LogP contribution is -2.35. The van der Waals surface area contributed by atoms with Crippen molar-refractivity contribution in [2.45, 2.75) is 52.5 Å². The summed E-state index contributed by atoms with van der Waals surface area (Å²) >= 11 is 7.91. The van der Waals surface area contributed by atoms with Gasteiger partial charge >= 0.3 is 0 Å². The number of benzene rings is 1. The van der Waals surface area contributed by atoms with Crippen LogP contribution in [0.1, 0.15) is 47.2 Å². The normalized spacial score (nSPS) is 13.8. The SMILES string of the molecule is CC(C)(C)c1csc(=Nc2ccccc2Cl)n1C(C)(C)C. The minimum absolute atomic E-state index is 0.0251. The molecule has 0 fully saturated rings. The van der Waals surface area contributed by atoms with E-state index in [0.29, 0.717) is 5.02 Å². The van der Waals surface area contributed by atoms with Gasteiger partial charge in [0.1, 0.15) is 0 Å². The molecular weight excluding hydrogens is 300 g/mol. The minimum atomic E-state index is -0.0251. The Labute approximate surface area is 136 Å². The van der Waals surface area contributed by atoms with Crippen LogP contribution < -0.4 is 4.80 Å². The molecule has 0 radical (unpaired) electrons. The highest BCUT2D eigenvalue weighted by atomic mass is 35.5. The first-order chi connectivity index (χ1) is 9.60. The second-order valence-corrected chi connectivity index (χ2v) is 8.47. The predicted octanol–water partition coefficient (Wildman–Crippen LogP) is 5.49. The lowest BCUT2D eigenvalue weighted by molar-refractivity contribution is 0.350. The monoisotopic (exact) mass is 322 g/mol. The Kier molecular flexibility index (Phi) is 4.36. The van der Waals surface area contributed by atoms with Gasteiger partial charge < -0.3 is 4.57 Å². The molecule has 0 N–H and O–H groups in total. The van der Waals surface area contributed by atoms with Crippen LogP contribution in [0.4, 0.5) is 5.69 Å². The van der Waals surface area contributed by atoms with E-state index < -0.39 is 0 Å². The summed E-state index contributed by atoms with van der Waals surface area (Å²) in [6.07, 6.45) is 0. The van der Waals surface area contributed by atoms with E-state index >= 15 is 0 Å². The van der Waals surface area contributed by atoms with Crippen LogP contribution in [0.15, 0.2) is 34.6 Å². The van der Waals surface area contributed by atoms with Crippen LogP contribution in [0.2, 0.25) is 5.02 Å². The number of thiazole rings is 1. The van der Waals surface area contributed by atoms with E-state index in [4.69, 9.17) is 16.6 Å². The Bertz CT molecular complexity index is 697. The Balaban J connectivity index is 2.72. The highest BCUT2D eigenvalue weighted by molar-refractivity contribution is 7.07. The second kappa shape index (κ2) is 5.62. The van der Waals surface area contributed by atoms with Gasteiger partial charge in [0.15, 0.2) is 4.80 Å². The van der Waals surface area contributed by atoms with Crippen LogP contribution in [0, 0.1) is 0 Å². The third kappa shape index (κ3) is 3.58. The molecule has 0 spiro atoms. The minimum Gasteiger partial charge on any atom is -0.315 e. The van der Waals surface area contributed by atoms with Gasteiger partial charge in [0.25, 0.3) is 0 Å². The highest BCUT2D eigenvalue weighted by Crippen LogP contribution is 2.29. The average Bonchev–Trinajstić information content (AvgIpc) is 2.75. The summed E-state index contributed by atoms with van der Waals surface area (Å²) < 4.78 is 2.32. The number of hydrogen-bond acceptors (Lipinski definition) is 2. The first kappa shape index (κ1) is 16.3. The van der Waals surface area contributed by atoms with Crippen molar-refractivity contribution in [3.63, 3.8) is 0 Å². The average molecular weight is 323 g/mol. The Morgan fingerprint density at radius 3 is 2.19 bits per heavy atom. The molecule has 0 aliphatic rings. The molecular formula is C17H23ClN2S. The van der Waals surface area contributed by atoms with Crippen molar-refractivity contribution in [1.29, 1.82) is 0 Å². The fourth-order valence-electron chi connectivity index (χ4n) is 2.20. The molecule has 0 saturated carbocycles. The third-order valence-corrected chi connectivity index (χ3v) is 4.36. The molecule has 0 atom stereocenters. The van der Waals surface area contributed by atoms with Gasteiger partial charge in [-0.1, -0.05) is 44.5 Å². The van der Waals surface area contributed by atoms with Gasteiger partial charge in [0, 0.05) is 22.0 Å². The molecule has 2 aromatic rings. The first-order valence-corrected chi connectivity index (χ1v) is 8.37.